The Morgan fingerprint density at radius 1 is 1.45 bits per heavy atom. The average Bonchev–Trinajstić information content (AvgIpc) is 2.83. The number of amides is 2. The molecule has 1 unspecified atom stereocenters. The molecule has 1 N–H and O–H groups in total. The standard InChI is InChI=1S/C14H23N3O2S/c1-9(2)12(7-18)16-14(19)17(5)6-11-8-20-13(15-11)10(3)4/h7-10,12H,6H2,1-5H3,(H,16,19). The number of nitrogens with zero attached hydrogens (tertiary/aromatic N) is 2. The van der Waals surface area contributed by atoms with Crippen molar-refractivity contribution >= 4 is 23.7 Å². The summed E-state index contributed by atoms with van der Waals surface area (Å²) >= 11 is 1.61. The number of carbonyl (C=O) groups excluding carboxylic acids is 2. The van der Waals surface area contributed by atoms with E-state index >= 15 is 0 Å². The summed E-state index contributed by atoms with van der Waals surface area (Å²) in [6.07, 6.45) is 0.774. The first kappa shape index (κ1) is 16.6. The quantitative estimate of drug-likeness (QED) is 0.821. The van der Waals surface area contributed by atoms with Crippen LogP contribution >= 0.6 is 11.3 Å². The zero-order chi connectivity index (χ0) is 15.3. The predicted molar refractivity (Wildman–Crippen MR) is 80.9 cm³/mol. The van der Waals surface area contributed by atoms with Gasteiger partial charge in [-0.15, -0.1) is 11.3 Å². The largest absolute Gasteiger partial charge is 0.328 e. The summed E-state index contributed by atoms with van der Waals surface area (Å²) in [7, 11) is 1.70. The van der Waals surface area contributed by atoms with Crippen molar-refractivity contribution < 1.29 is 9.59 Å². The lowest BCUT2D eigenvalue weighted by Gasteiger charge is -2.21. The van der Waals surface area contributed by atoms with Gasteiger partial charge in [-0.2, -0.15) is 0 Å². The van der Waals surface area contributed by atoms with Crippen LogP contribution in [0.15, 0.2) is 5.38 Å². The number of hydrogen-bond donors (Lipinski definition) is 1. The summed E-state index contributed by atoms with van der Waals surface area (Å²) in [4.78, 5) is 28.9. The molecule has 1 atom stereocenters. The van der Waals surface area contributed by atoms with Crippen molar-refractivity contribution in [3.8, 4) is 0 Å². The van der Waals surface area contributed by atoms with E-state index < -0.39 is 6.04 Å². The second-order valence-electron chi connectivity index (χ2n) is 5.54. The van der Waals surface area contributed by atoms with E-state index in [1.165, 1.54) is 4.90 Å². The van der Waals surface area contributed by atoms with Crippen LogP contribution in [0.25, 0.3) is 0 Å². The Morgan fingerprint density at radius 2 is 2.10 bits per heavy atom. The first-order valence-electron chi connectivity index (χ1n) is 6.76. The van der Waals surface area contributed by atoms with Crippen LogP contribution in [0.5, 0.6) is 0 Å². The first-order valence-corrected chi connectivity index (χ1v) is 7.64. The normalized spacial score (nSPS) is 12.6. The van der Waals surface area contributed by atoms with Crippen LogP contribution in [0, 0.1) is 5.92 Å². The number of rotatable bonds is 6. The smallest absolute Gasteiger partial charge is 0.318 e. The summed E-state index contributed by atoms with van der Waals surface area (Å²) in [6.45, 7) is 8.43. The molecule has 0 aliphatic rings. The number of hydrogen-bond acceptors (Lipinski definition) is 4. The Labute approximate surface area is 124 Å². The van der Waals surface area contributed by atoms with Gasteiger partial charge in [0.2, 0.25) is 0 Å². The molecule has 1 aromatic heterocycles. The zero-order valence-corrected chi connectivity index (χ0v) is 13.5. The molecule has 20 heavy (non-hydrogen) atoms. The van der Waals surface area contributed by atoms with Crippen LogP contribution < -0.4 is 5.32 Å². The molecule has 1 rings (SSSR count). The van der Waals surface area contributed by atoms with Crippen LogP contribution in [-0.4, -0.2) is 35.3 Å². The lowest BCUT2D eigenvalue weighted by atomic mass is 10.1. The first-order chi connectivity index (χ1) is 9.35. The summed E-state index contributed by atoms with van der Waals surface area (Å²) in [5.41, 5.74) is 0.878. The topological polar surface area (TPSA) is 62.3 Å². The SMILES string of the molecule is CC(C)c1nc(CN(C)C(=O)NC(C=O)C(C)C)cs1. The highest BCUT2D eigenvalue weighted by molar-refractivity contribution is 7.09. The molecule has 0 saturated carbocycles. The molecular formula is C14H23N3O2S. The predicted octanol–water partition coefficient (Wildman–Crippen LogP) is 2.63. The number of urea groups is 1. The van der Waals surface area contributed by atoms with Gasteiger partial charge in [-0.25, -0.2) is 9.78 Å². The van der Waals surface area contributed by atoms with Crippen molar-refractivity contribution in [3.63, 3.8) is 0 Å². The van der Waals surface area contributed by atoms with Crippen LogP contribution in [0.1, 0.15) is 44.3 Å². The summed E-state index contributed by atoms with van der Waals surface area (Å²) in [5.74, 6) is 0.477. The van der Waals surface area contributed by atoms with Crippen LogP contribution in [0.2, 0.25) is 0 Å². The maximum atomic E-state index is 12.0. The van der Waals surface area contributed by atoms with E-state index in [1.807, 2.05) is 19.2 Å². The van der Waals surface area contributed by atoms with Crippen LogP contribution in [0.3, 0.4) is 0 Å². The number of aromatic nitrogens is 1. The van der Waals surface area contributed by atoms with E-state index in [9.17, 15) is 9.59 Å². The second-order valence-corrected chi connectivity index (χ2v) is 6.43. The van der Waals surface area contributed by atoms with Gasteiger partial charge < -0.3 is 15.0 Å². The lowest BCUT2D eigenvalue weighted by molar-refractivity contribution is -0.110. The van der Waals surface area contributed by atoms with E-state index in [4.69, 9.17) is 0 Å². The Kier molecular flexibility index (Phi) is 6.13. The Balaban J connectivity index is 2.58. The fourth-order valence-corrected chi connectivity index (χ4v) is 2.41. The molecule has 0 fully saturated rings. The molecule has 0 aromatic carbocycles. The van der Waals surface area contributed by atoms with Crippen molar-refractivity contribution in [1.82, 2.24) is 15.2 Å². The average molecular weight is 297 g/mol. The maximum Gasteiger partial charge on any atom is 0.318 e. The van der Waals surface area contributed by atoms with E-state index in [2.05, 4.69) is 24.1 Å². The Hall–Kier alpha value is -1.43. The van der Waals surface area contributed by atoms with Gasteiger partial charge in [-0.1, -0.05) is 27.7 Å². The third-order valence-corrected chi connectivity index (χ3v) is 4.16. The molecule has 1 heterocycles. The van der Waals surface area contributed by atoms with Gasteiger partial charge in [0, 0.05) is 18.3 Å². The maximum absolute atomic E-state index is 12.0. The van der Waals surface area contributed by atoms with Gasteiger partial charge in [-0.3, -0.25) is 0 Å². The van der Waals surface area contributed by atoms with Gasteiger partial charge >= 0.3 is 6.03 Å². The van der Waals surface area contributed by atoms with Crippen molar-refractivity contribution in [2.24, 2.45) is 5.92 Å². The molecular weight excluding hydrogens is 274 g/mol. The molecule has 2 amide bonds. The molecule has 0 radical (unpaired) electrons. The molecule has 0 aliphatic carbocycles. The lowest BCUT2D eigenvalue weighted by Crippen LogP contribution is -2.45. The van der Waals surface area contributed by atoms with E-state index in [1.54, 1.807) is 18.4 Å². The Morgan fingerprint density at radius 3 is 2.55 bits per heavy atom. The van der Waals surface area contributed by atoms with Gasteiger partial charge in [0.05, 0.1) is 23.3 Å². The summed E-state index contributed by atoms with van der Waals surface area (Å²) in [6, 6.07) is -0.707. The molecule has 0 spiro atoms. The monoisotopic (exact) mass is 297 g/mol. The molecule has 6 heteroatoms. The fraction of sp³-hybridized carbons (Fsp3) is 0.643. The van der Waals surface area contributed by atoms with Gasteiger partial charge in [0.15, 0.2) is 0 Å². The molecule has 5 nitrogen and oxygen atoms in total. The third-order valence-electron chi connectivity index (χ3n) is 2.96. The highest BCUT2D eigenvalue weighted by Gasteiger charge is 2.18. The van der Waals surface area contributed by atoms with E-state index in [0.717, 1.165) is 17.0 Å². The van der Waals surface area contributed by atoms with Gasteiger partial charge in [0.25, 0.3) is 0 Å². The number of carbonyl (C=O) groups is 2. The highest BCUT2D eigenvalue weighted by atomic mass is 32.1. The zero-order valence-electron chi connectivity index (χ0n) is 12.7. The minimum Gasteiger partial charge on any atom is -0.328 e. The van der Waals surface area contributed by atoms with E-state index in [-0.39, 0.29) is 11.9 Å². The number of nitrogens with one attached hydrogen (secondary N) is 1. The molecule has 0 aliphatic heterocycles. The minimum atomic E-state index is -0.452. The van der Waals surface area contributed by atoms with Crippen LogP contribution in [0.4, 0.5) is 4.79 Å². The summed E-state index contributed by atoms with van der Waals surface area (Å²) in [5, 5.41) is 5.75. The minimum absolute atomic E-state index is 0.0802. The molecule has 1 aromatic rings. The Bertz CT molecular complexity index is 457. The van der Waals surface area contributed by atoms with Crippen LogP contribution in [-0.2, 0) is 11.3 Å². The number of thiazole rings is 1. The second kappa shape index (κ2) is 7.38. The van der Waals surface area contributed by atoms with E-state index in [0.29, 0.717) is 12.5 Å². The number of aldehydes is 1. The molecule has 0 saturated heterocycles. The fourth-order valence-electron chi connectivity index (χ4n) is 1.59. The van der Waals surface area contributed by atoms with Gasteiger partial charge in [0.1, 0.15) is 6.29 Å². The molecule has 0 bridgehead atoms. The van der Waals surface area contributed by atoms with Crippen molar-refractivity contribution in [2.45, 2.75) is 46.2 Å². The van der Waals surface area contributed by atoms with Crippen molar-refractivity contribution in [2.75, 3.05) is 7.05 Å². The summed E-state index contributed by atoms with van der Waals surface area (Å²) < 4.78 is 0. The van der Waals surface area contributed by atoms with Crippen molar-refractivity contribution in [1.29, 1.82) is 0 Å². The third kappa shape index (κ3) is 4.59. The molecule has 112 valence electrons. The highest BCUT2D eigenvalue weighted by Crippen LogP contribution is 2.19. The van der Waals surface area contributed by atoms with Crippen molar-refractivity contribution in [3.05, 3.63) is 16.1 Å². The van der Waals surface area contributed by atoms with Gasteiger partial charge in [-0.05, 0) is 5.92 Å².